The van der Waals surface area contributed by atoms with Gasteiger partial charge in [0.15, 0.2) is 0 Å². The van der Waals surface area contributed by atoms with Crippen LogP contribution in [0.15, 0.2) is 0 Å². The summed E-state index contributed by atoms with van der Waals surface area (Å²) in [5, 5.41) is 0. The molecule has 27 heavy (non-hydrogen) atoms. The molecular weight excluding hydrogens is 450 g/mol. The molecule has 0 aliphatic carbocycles. The first-order chi connectivity index (χ1) is 10.1. The van der Waals surface area contributed by atoms with E-state index in [1.807, 2.05) is 0 Å². The summed E-state index contributed by atoms with van der Waals surface area (Å²) in [6.07, 6.45) is 11.7. The fourth-order valence-electron chi connectivity index (χ4n) is 1.75. The molecule has 0 amide bonds. The zero-order valence-corrected chi connectivity index (χ0v) is 29.6. The number of phosphoric acid groups is 1. The van der Waals surface area contributed by atoms with Gasteiger partial charge in [0, 0.05) is 0 Å². The molecule has 0 spiro atoms. The van der Waals surface area contributed by atoms with E-state index in [1.165, 1.54) is 44.9 Å². The van der Waals surface area contributed by atoms with Gasteiger partial charge in [0.1, 0.15) is 0 Å². The van der Waals surface area contributed by atoms with Gasteiger partial charge < -0.3 is 23.8 Å². The van der Waals surface area contributed by atoms with Crippen molar-refractivity contribution in [2.24, 2.45) is 0 Å². The molecule has 0 aliphatic heterocycles. The molecular formula is C12H25Na5O8PS+. The molecule has 0 fully saturated rings. The van der Waals surface area contributed by atoms with Crippen LogP contribution in [0.2, 0.25) is 0 Å². The largest absolute Gasteiger partial charge is 1.00 e. The van der Waals surface area contributed by atoms with Crippen LogP contribution in [0, 0.1) is 0 Å². The third-order valence-corrected chi connectivity index (χ3v) is 3.18. The maximum atomic E-state index is 10.1. The van der Waals surface area contributed by atoms with Crippen LogP contribution in [0.3, 0.4) is 0 Å². The molecule has 0 rings (SSSR count). The van der Waals surface area contributed by atoms with Gasteiger partial charge in [-0.3, -0.25) is 4.18 Å². The second kappa shape index (κ2) is 33.2. The summed E-state index contributed by atoms with van der Waals surface area (Å²) in [4.78, 5) is 25.6. The van der Waals surface area contributed by atoms with Crippen molar-refractivity contribution in [3.05, 3.63) is 0 Å². The van der Waals surface area contributed by atoms with Crippen molar-refractivity contribution >= 4 is 18.2 Å². The first kappa shape index (κ1) is 49.2. The molecule has 8 nitrogen and oxygen atoms in total. The van der Waals surface area contributed by atoms with E-state index >= 15 is 0 Å². The van der Waals surface area contributed by atoms with Crippen molar-refractivity contribution in [2.75, 3.05) is 6.61 Å². The zero-order chi connectivity index (χ0) is 17.5. The van der Waals surface area contributed by atoms with Crippen LogP contribution in [0.4, 0.5) is 0 Å². The molecule has 0 N–H and O–H groups in total. The van der Waals surface area contributed by atoms with Crippen molar-refractivity contribution in [1.82, 2.24) is 0 Å². The van der Waals surface area contributed by atoms with Crippen molar-refractivity contribution in [3.63, 3.8) is 0 Å². The number of hydrogen-bond donors (Lipinski definition) is 0. The second-order valence-corrected chi connectivity index (χ2v) is 6.81. The molecule has 0 radical (unpaired) electrons. The van der Waals surface area contributed by atoms with Gasteiger partial charge in [-0.15, -0.1) is 0 Å². The molecule has 0 atom stereocenters. The van der Waals surface area contributed by atoms with E-state index in [0.717, 1.165) is 12.8 Å². The molecule has 0 saturated carbocycles. The van der Waals surface area contributed by atoms with E-state index in [4.69, 9.17) is 19.2 Å². The van der Waals surface area contributed by atoms with Crippen molar-refractivity contribution in [3.8, 4) is 0 Å². The Bertz CT molecular complexity index is 389. The van der Waals surface area contributed by atoms with Crippen molar-refractivity contribution in [2.45, 2.75) is 71.1 Å². The van der Waals surface area contributed by atoms with Crippen LogP contribution in [0.5, 0.6) is 0 Å². The summed E-state index contributed by atoms with van der Waals surface area (Å²) >= 11 is 0. The van der Waals surface area contributed by atoms with Crippen LogP contribution in [0.1, 0.15) is 71.1 Å². The molecule has 0 unspecified atom stereocenters. The van der Waals surface area contributed by atoms with E-state index in [0.29, 0.717) is 6.42 Å². The maximum Gasteiger partial charge on any atom is 1.00 e. The minimum atomic E-state index is -5.39. The van der Waals surface area contributed by atoms with Crippen LogP contribution in [-0.4, -0.2) is 19.6 Å². The van der Waals surface area contributed by atoms with E-state index in [-0.39, 0.29) is 154 Å². The molecule has 0 aromatic heterocycles. The van der Waals surface area contributed by atoms with Crippen LogP contribution < -0.4 is 162 Å². The van der Waals surface area contributed by atoms with Gasteiger partial charge in [-0.05, 0) is 6.42 Å². The van der Waals surface area contributed by atoms with Gasteiger partial charge in [-0.25, -0.2) is 8.42 Å². The van der Waals surface area contributed by atoms with Crippen molar-refractivity contribution < 1.29 is 184 Å². The van der Waals surface area contributed by atoms with Gasteiger partial charge in [0.25, 0.3) is 0 Å². The predicted octanol–water partition coefficient (Wildman–Crippen LogP) is -14.4. The van der Waals surface area contributed by atoms with E-state index in [9.17, 15) is 13.0 Å². The Morgan fingerprint density at radius 1 is 0.704 bits per heavy atom. The minimum absolute atomic E-state index is 0. The summed E-state index contributed by atoms with van der Waals surface area (Å²) in [6.45, 7) is 2.24. The molecule has 0 aromatic carbocycles. The Kier molecular flexibility index (Phi) is 60.4. The Hall–Kier alpha value is 4.98. The summed E-state index contributed by atoms with van der Waals surface area (Å²) in [5.74, 6) is 0. The van der Waals surface area contributed by atoms with E-state index in [1.54, 1.807) is 0 Å². The molecule has 15 heteroatoms. The third kappa shape index (κ3) is 72.2. The van der Waals surface area contributed by atoms with Crippen LogP contribution in [0.25, 0.3) is 0 Å². The molecule has 0 aliphatic rings. The number of unbranched alkanes of at least 4 members (excludes halogenated alkanes) is 9. The molecule has 0 bridgehead atoms. The van der Waals surface area contributed by atoms with E-state index < -0.39 is 18.2 Å². The van der Waals surface area contributed by atoms with Crippen molar-refractivity contribution in [1.29, 1.82) is 0 Å². The summed E-state index contributed by atoms with van der Waals surface area (Å²) in [6, 6.07) is 0. The van der Waals surface area contributed by atoms with E-state index in [2.05, 4.69) is 11.1 Å². The van der Waals surface area contributed by atoms with Gasteiger partial charge in [0.2, 0.25) is 10.4 Å². The fourth-order valence-corrected chi connectivity index (χ4v) is 2.07. The van der Waals surface area contributed by atoms with Gasteiger partial charge in [-0.1, -0.05) is 64.7 Å². The quantitative estimate of drug-likeness (QED) is 0.0887. The Balaban J connectivity index is -0.0000000713. The monoisotopic (exact) mass is 475 g/mol. The summed E-state index contributed by atoms with van der Waals surface area (Å²) in [5.41, 5.74) is 0. The molecule has 0 saturated heterocycles. The SMILES string of the molecule is CCCCCCCCCCCCOS(=O)(=O)[O-].O=P([O-])([O-])[O-].[Na+].[Na+].[Na+].[Na+].[Na+]. The number of rotatable bonds is 12. The standard InChI is InChI=1S/C12H26O4S.5Na.H3O4P/c1-2-3-4-5-6-7-8-9-10-11-12-16-17(13,14)15;;;;;;1-5(2,3)4/h2-12H2,1H3,(H,13,14,15);;;;;;(H3,1,2,3,4)/q;5*+1;/p-4. The average molecular weight is 475 g/mol. The first-order valence-electron chi connectivity index (χ1n) is 7.39. The third-order valence-electron chi connectivity index (χ3n) is 2.73. The molecule has 0 heterocycles. The van der Waals surface area contributed by atoms with Crippen LogP contribution >= 0.6 is 7.82 Å². The predicted molar refractivity (Wildman–Crippen MR) is 75.1 cm³/mol. The summed E-state index contributed by atoms with van der Waals surface area (Å²) in [7, 11) is -9.87. The molecule has 0 aromatic rings. The average Bonchev–Trinajstić information content (AvgIpc) is 2.32. The fraction of sp³-hybridized carbons (Fsp3) is 1.00. The Morgan fingerprint density at radius 3 is 1.22 bits per heavy atom. The second-order valence-electron chi connectivity index (χ2n) is 4.86. The van der Waals surface area contributed by atoms with Gasteiger partial charge in [0.05, 0.1) is 6.61 Å². The van der Waals surface area contributed by atoms with Gasteiger partial charge >= 0.3 is 148 Å². The maximum absolute atomic E-state index is 10.1. The minimum Gasteiger partial charge on any atom is -0.822 e. The number of hydrogen-bond acceptors (Lipinski definition) is 8. The smallest absolute Gasteiger partial charge is 0.822 e. The van der Waals surface area contributed by atoms with Crippen LogP contribution in [-0.2, 0) is 19.1 Å². The topological polar surface area (TPSA) is 153 Å². The summed E-state index contributed by atoms with van der Waals surface area (Å²) < 4.78 is 43.0. The Labute approximate surface area is 275 Å². The first-order valence-corrected chi connectivity index (χ1v) is 10.2. The normalized spacial score (nSPS) is 9.67. The molecule has 136 valence electrons. The van der Waals surface area contributed by atoms with Gasteiger partial charge in [-0.2, -0.15) is 7.82 Å². The zero-order valence-electron chi connectivity index (χ0n) is 17.9. The Morgan fingerprint density at radius 2 is 0.963 bits per heavy atom.